The maximum absolute atomic E-state index is 12.8. The first-order valence-electron chi connectivity index (χ1n) is 10.2. The molecule has 1 aromatic heterocycles. The number of hydrogen-bond donors (Lipinski definition) is 2. The van der Waals surface area contributed by atoms with E-state index in [0.29, 0.717) is 34.4 Å². The Morgan fingerprint density at radius 2 is 1.82 bits per heavy atom. The molecule has 1 aliphatic rings. The number of rotatable bonds is 8. The molecule has 3 aromatic rings. The lowest BCUT2D eigenvalue weighted by molar-refractivity contribution is -0.120. The van der Waals surface area contributed by atoms with Crippen molar-refractivity contribution in [1.29, 1.82) is 0 Å². The summed E-state index contributed by atoms with van der Waals surface area (Å²) in [5.74, 6) is 2.05. The number of carbonyl (C=O) groups excluding carboxylic acids is 2. The maximum Gasteiger partial charge on any atom is 0.251 e. The van der Waals surface area contributed by atoms with Crippen LogP contribution in [-0.4, -0.2) is 48.9 Å². The van der Waals surface area contributed by atoms with Crippen molar-refractivity contribution in [3.05, 3.63) is 65.7 Å². The van der Waals surface area contributed by atoms with E-state index in [-0.39, 0.29) is 19.2 Å². The van der Waals surface area contributed by atoms with Crippen LogP contribution in [0.25, 0.3) is 0 Å². The quantitative estimate of drug-likeness (QED) is 0.536. The Bertz CT molecular complexity index is 1150. The Labute approximate surface area is 190 Å². The molecule has 10 heteroatoms. The van der Waals surface area contributed by atoms with Crippen molar-refractivity contribution in [3.8, 4) is 23.0 Å². The largest absolute Gasteiger partial charge is 0.497 e. The molecule has 10 nitrogen and oxygen atoms in total. The van der Waals surface area contributed by atoms with Crippen LogP contribution < -0.4 is 29.6 Å². The van der Waals surface area contributed by atoms with Crippen LogP contribution in [0.5, 0.6) is 23.0 Å². The summed E-state index contributed by atoms with van der Waals surface area (Å²) in [6.45, 7) is -0.109. The third-order valence-electron chi connectivity index (χ3n) is 5.17. The predicted octanol–water partition coefficient (Wildman–Crippen LogP) is 1.80. The number of aryl methyl sites for hydroxylation is 1. The van der Waals surface area contributed by atoms with Crippen LogP contribution in [0, 0.1) is 0 Å². The van der Waals surface area contributed by atoms with Crippen molar-refractivity contribution >= 4 is 11.8 Å². The molecule has 2 amide bonds. The monoisotopic (exact) mass is 452 g/mol. The molecule has 33 heavy (non-hydrogen) atoms. The number of amides is 2. The van der Waals surface area contributed by atoms with Gasteiger partial charge in [-0.2, -0.15) is 0 Å². The Balaban J connectivity index is 1.49. The van der Waals surface area contributed by atoms with Gasteiger partial charge in [0.1, 0.15) is 23.4 Å². The lowest BCUT2D eigenvalue weighted by Crippen LogP contribution is -2.39. The topological polar surface area (TPSA) is 113 Å². The first kappa shape index (κ1) is 22.0. The van der Waals surface area contributed by atoms with Gasteiger partial charge in [0.25, 0.3) is 5.91 Å². The molecule has 0 bridgehead atoms. The lowest BCUT2D eigenvalue weighted by Gasteiger charge is -2.20. The maximum atomic E-state index is 12.8. The smallest absolute Gasteiger partial charge is 0.251 e. The van der Waals surface area contributed by atoms with Crippen LogP contribution in [0.1, 0.15) is 27.8 Å². The number of methoxy groups -OCH3 is 2. The predicted molar refractivity (Wildman–Crippen MR) is 118 cm³/mol. The van der Waals surface area contributed by atoms with Crippen LogP contribution in [-0.2, 0) is 11.8 Å². The van der Waals surface area contributed by atoms with Gasteiger partial charge in [-0.05, 0) is 35.9 Å². The summed E-state index contributed by atoms with van der Waals surface area (Å²) in [5.41, 5.74) is 1.08. The zero-order valence-electron chi connectivity index (χ0n) is 18.5. The van der Waals surface area contributed by atoms with E-state index in [4.69, 9.17) is 18.9 Å². The highest BCUT2D eigenvalue weighted by molar-refractivity contribution is 5.97. The number of aromatic nitrogens is 2. The molecule has 2 N–H and O–H groups in total. The second-order valence-corrected chi connectivity index (χ2v) is 7.29. The van der Waals surface area contributed by atoms with Crippen LogP contribution in [0.15, 0.2) is 48.8 Å². The summed E-state index contributed by atoms with van der Waals surface area (Å²) in [7, 11) is 4.94. The van der Waals surface area contributed by atoms with Gasteiger partial charge < -0.3 is 34.1 Å². The SMILES string of the molecule is COc1cc(OC)cc(C(NC(=O)CNC(=O)c2ccc3c(c2)OCO3)c2nccn2C)c1. The first-order chi connectivity index (χ1) is 16.0. The first-order valence-corrected chi connectivity index (χ1v) is 10.2. The number of nitrogens with one attached hydrogen (secondary N) is 2. The molecule has 0 fully saturated rings. The normalized spacial score (nSPS) is 12.7. The van der Waals surface area contributed by atoms with Crippen LogP contribution in [0.3, 0.4) is 0 Å². The molecule has 0 spiro atoms. The van der Waals surface area contributed by atoms with E-state index < -0.39 is 11.9 Å². The summed E-state index contributed by atoms with van der Waals surface area (Å²) in [5, 5.41) is 5.56. The van der Waals surface area contributed by atoms with E-state index in [1.54, 1.807) is 63.0 Å². The third-order valence-corrected chi connectivity index (χ3v) is 5.17. The minimum atomic E-state index is -0.594. The van der Waals surface area contributed by atoms with E-state index in [9.17, 15) is 9.59 Å². The molecule has 0 saturated heterocycles. The molecule has 2 heterocycles. The average molecular weight is 452 g/mol. The number of benzene rings is 2. The van der Waals surface area contributed by atoms with Gasteiger partial charge in [0.15, 0.2) is 11.5 Å². The van der Waals surface area contributed by atoms with Crippen molar-refractivity contribution in [2.45, 2.75) is 6.04 Å². The van der Waals surface area contributed by atoms with Crippen molar-refractivity contribution in [1.82, 2.24) is 20.2 Å². The van der Waals surface area contributed by atoms with Crippen LogP contribution in [0.4, 0.5) is 0 Å². The van der Waals surface area contributed by atoms with Crippen LogP contribution in [0.2, 0.25) is 0 Å². The van der Waals surface area contributed by atoms with Crippen molar-refractivity contribution in [2.24, 2.45) is 7.05 Å². The highest BCUT2D eigenvalue weighted by atomic mass is 16.7. The Hall–Kier alpha value is -4.21. The Morgan fingerprint density at radius 1 is 1.09 bits per heavy atom. The molecule has 172 valence electrons. The van der Waals surface area contributed by atoms with Gasteiger partial charge in [0.2, 0.25) is 12.7 Å². The zero-order valence-corrected chi connectivity index (χ0v) is 18.5. The lowest BCUT2D eigenvalue weighted by atomic mass is 10.0. The van der Waals surface area contributed by atoms with Crippen molar-refractivity contribution < 1.29 is 28.5 Å². The third kappa shape index (κ3) is 4.84. The van der Waals surface area contributed by atoms with Crippen molar-refractivity contribution in [3.63, 3.8) is 0 Å². The molecule has 2 aromatic carbocycles. The van der Waals surface area contributed by atoms with Gasteiger partial charge in [0.05, 0.1) is 20.8 Å². The van der Waals surface area contributed by atoms with E-state index in [2.05, 4.69) is 15.6 Å². The van der Waals surface area contributed by atoms with Gasteiger partial charge in [-0.1, -0.05) is 0 Å². The summed E-state index contributed by atoms with van der Waals surface area (Å²) < 4.78 is 23.1. The molecule has 0 radical (unpaired) electrons. The summed E-state index contributed by atoms with van der Waals surface area (Å²) >= 11 is 0. The van der Waals surface area contributed by atoms with Gasteiger partial charge in [-0.25, -0.2) is 4.98 Å². The fraction of sp³-hybridized carbons (Fsp3) is 0.261. The van der Waals surface area contributed by atoms with E-state index >= 15 is 0 Å². The average Bonchev–Trinajstić information content (AvgIpc) is 3.48. The highest BCUT2D eigenvalue weighted by Gasteiger charge is 2.23. The highest BCUT2D eigenvalue weighted by Crippen LogP contribution is 2.32. The minimum absolute atomic E-state index is 0.118. The van der Waals surface area contributed by atoms with Gasteiger partial charge in [-0.15, -0.1) is 0 Å². The van der Waals surface area contributed by atoms with Crippen LogP contribution >= 0.6 is 0 Å². The number of ether oxygens (including phenoxy) is 4. The fourth-order valence-corrected chi connectivity index (χ4v) is 3.46. The molecule has 1 aliphatic heterocycles. The molecular formula is C23H24N4O6. The molecule has 1 atom stereocenters. The number of imidazole rings is 1. The molecule has 0 saturated carbocycles. The molecular weight excluding hydrogens is 428 g/mol. The standard InChI is InChI=1S/C23H24N4O6/c1-27-7-6-24-22(27)21(15-8-16(30-2)11-17(9-15)31-3)26-20(28)12-25-23(29)14-4-5-18-19(10-14)33-13-32-18/h4-11,21H,12-13H2,1-3H3,(H,25,29)(H,26,28). The van der Waals surface area contributed by atoms with Gasteiger partial charge in [-0.3, -0.25) is 9.59 Å². The molecule has 1 unspecified atom stereocenters. The van der Waals surface area contributed by atoms with E-state index in [0.717, 1.165) is 5.56 Å². The number of nitrogens with zero attached hydrogens (tertiary/aromatic N) is 2. The van der Waals surface area contributed by atoms with E-state index in [1.807, 2.05) is 11.6 Å². The van der Waals surface area contributed by atoms with Gasteiger partial charge >= 0.3 is 0 Å². The second kappa shape index (κ2) is 9.51. The van der Waals surface area contributed by atoms with E-state index in [1.165, 1.54) is 0 Å². The second-order valence-electron chi connectivity index (χ2n) is 7.29. The number of carbonyl (C=O) groups is 2. The Morgan fingerprint density at radius 3 is 2.48 bits per heavy atom. The molecule has 0 aliphatic carbocycles. The zero-order chi connectivity index (χ0) is 23.4. The van der Waals surface area contributed by atoms with Gasteiger partial charge in [0, 0.05) is 31.1 Å². The molecule has 4 rings (SSSR count). The number of hydrogen-bond acceptors (Lipinski definition) is 7. The summed E-state index contributed by atoms with van der Waals surface area (Å²) in [6.07, 6.45) is 3.43. The Kier molecular flexibility index (Phi) is 6.34. The summed E-state index contributed by atoms with van der Waals surface area (Å²) in [4.78, 5) is 29.7. The summed E-state index contributed by atoms with van der Waals surface area (Å²) in [6, 6.07) is 9.59. The number of fused-ring (bicyclic) bond motifs is 1. The van der Waals surface area contributed by atoms with Crippen molar-refractivity contribution in [2.75, 3.05) is 27.6 Å². The minimum Gasteiger partial charge on any atom is -0.497 e. The fourth-order valence-electron chi connectivity index (χ4n) is 3.46.